The summed E-state index contributed by atoms with van der Waals surface area (Å²) >= 11 is 0. The molecule has 0 aliphatic rings. The van der Waals surface area contributed by atoms with Crippen LogP contribution in [0.15, 0.2) is 48.5 Å². The zero-order valence-corrected chi connectivity index (χ0v) is 15.7. The number of amides is 2. The molecule has 152 valence electrons. The van der Waals surface area contributed by atoms with Gasteiger partial charge in [-0.1, -0.05) is 6.07 Å². The summed E-state index contributed by atoms with van der Waals surface area (Å²) in [4.78, 5) is 46.1. The maximum atomic E-state index is 12.1. The summed E-state index contributed by atoms with van der Waals surface area (Å²) in [5.41, 5.74) is 0.276. The Morgan fingerprint density at radius 3 is 2.45 bits per heavy atom. The van der Waals surface area contributed by atoms with Gasteiger partial charge in [0.1, 0.15) is 11.8 Å². The zero-order chi connectivity index (χ0) is 21.4. The molecule has 0 bridgehead atoms. The van der Waals surface area contributed by atoms with Crippen LogP contribution in [0.5, 0.6) is 5.75 Å². The van der Waals surface area contributed by atoms with E-state index in [-0.39, 0.29) is 11.3 Å². The molecule has 0 aliphatic carbocycles. The number of nitrogens with zero attached hydrogens (tertiary/aromatic N) is 1. The van der Waals surface area contributed by atoms with Crippen LogP contribution in [0.2, 0.25) is 0 Å². The van der Waals surface area contributed by atoms with E-state index in [9.17, 15) is 24.5 Å². The number of nitro benzene ring substituents is 1. The Hall–Kier alpha value is -3.95. The number of hydrogen-bond donors (Lipinski definition) is 2. The Bertz CT molecular complexity index is 912. The molecule has 2 aromatic carbocycles. The number of rotatable bonds is 8. The number of benzene rings is 2. The topological polar surface area (TPSA) is 137 Å². The molecule has 2 rings (SSSR count). The SMILES string of the molecule is COc1ccc(NC(=O)COC(=O)C(C)NC(=O)c2cccc([N+](=O)[O-])c2)cc1. The van der Waals surface area contributed by atoms with Crippen molar-refractivity contribution >= 4 is 29.2 Å². The van der Waals surface area contributed by atoms with Crippen LogP contribution in [0.1, 0.15) is 17.3 Å². The zero-order valence-electron chi connectivity index (χ0n) is 15.7. The monoisotopic (exact) mass is 401 g/mol. The summed E-state index contributed by atoms with van der Waals surface area (Å²) in [6.45, 7) is 0.834. The summed E-state index contributed by atoms with van der Waals surface area (Å²) in [5.74, 6) is -1.43. The average molecular weight is 401 g/mol. The van der Waals surface area contributed by atoms with Crippen molar-refractivity contribution in [1.29, 1.82) is 0 Å². The van der Waals surface area contributed by atoms with Crippen molar-refractivity contribution in [2.75, 3.05) is 19.0 Å². The Morgan fingerprint density at radius 2 is 1.83 bits per heavy atom. The molecular formula is C19H19N3O7. The van der Waals surface area contributed by atoms with Gasteiger partial charge in [-0.2, -0.15) is 0 Å². The van der Waals surface area contributed by atoms with E-state index in [1.165, 1.54) is 32.2 Å². The molecule has 0 aliphatic heterocycles. The number of hydrogen-bond acceptors (Lipinski definition) is 7. The van der Waals surface area contributed by atoms with Crippen molar-refractivity contribution in [3.8, 4) is 5.75 Å². The van der Waals surface area contributed by atoms with Crippen LogP contribution in [-0.4, -0.2) is 42.5 Å². The lowest BCUT2D eigenvalue weighted by Gasteiger charge is -2.13. The highest BCUT2D eigenvalue weighted by atomic mass is 16.6. The highest BCUT2D eigenvalue weighted by molar-refractivity contribution is 5.97. The van der Waals surface area contributed by atoms with Gasteiger partial charge >= 0.3 is 5.97 Å². The highest BCUT2D eigenvalue weighted by Gasteiger charge is 2.20. The number of carbonyl (C=O) groups is 3. The van der Waals surface area contributed by atoms with Gasteiger partial charge in [0.05, 0.1) is 12.0 Å². The van der Waals surface area contributed by atoms with Crippen LogP contribution in [-0.2, 0) is 14.3 Å². The molecular weight excluding hydrogens is 382 g/mol. The average Bonchev–Trinajstić information content (AvgIpc) is 2.72. The molecule has 0 fully saturated rings. The first kappa shape index (κ1) is 21.4. The number of nitrogens with one attached hydrogen (secondary N) is 2. The van der Waals surface area contributed by atoms with Gasteiger partial charge in [0.25, 0.3) is 17.5 Å². The second kappa shape index (κ2) is 9.83. The molecule has 2 aromatic rings. The van der Waals surface area contributed by atoms with E-state index in [4.69, 9.17) is 9.47 Å². The smallest absolute Gasteiger partial charge is 0.328 e. The van der Waals surface area contributed by atoms with E-state index in [1.54, 1.807) is 24.3 Å². The molecule has 29 heavy (non-hydrogen) atoms. The van der Waals surface area contributed by atoms with E-state index >= 15 is 0 Å². The highest BCUT2D eigenvalue weighted by Crippen LogP contribution is 2.15. The lowest BCUT2D eigenvalue weighted by atomic mass is 10.2. The standard InChI is InChI=1S/C19H19N3O7/c1-12(20-18(24)13-4-3-5-15(10-13)22(26)27)19(25)29-11-17(23)21-14-6-8-16(28-2)9-7-14/h3-10,12H,11H2,1-2H3,(H,20,24)(H,21,23). The first-order valence-corrected chi connectivity index (χ1v) is 8.46. The Balaban J connectivity index is 1.83. The van der Waals surface area contributed by atoms with Crippen molar-refractivity contribution in [2.45, 2.75) is 13.0 Å². The molecule has 2 amide bonds. The molecule has 0 saturated heterocycles. The van der Waals surface area contributed by atoms with Gasteiger partial charge in [0.2, 0.25) is 0 Å². The fraction of sp³-hybridized carbons (Fsp3) is 0.211. The van der Waals surface area contributed by atoms with Gasteiger partial charge in [-0.25, -0.2) is 4.79 Å². The largest absolute Gasteiger partial charge is 0.497 e. The molecule has 0 heterocycles. The van der Waals surface area contributed by atoms with E-state index in [0.29, 0.717) is 11.4 Å². The quantitative estimate of drug-likeness (QED) is 0.391. The predicted octanol–water partition coefficient (Wildman–Crippen LogP) is 1.90. The Kier molecular flexibility index (Phi) is 7.24. The minimum Gasteiger partial charge on any atom is -0.497 e. The molecule has 2 N–H and O–H groups in total. The normalized spacial score (nSPS) is 11.1. The lowest BCUT2D eigenvalue weighted by Crippen LogP contribution is -2.40. The number of anilines is 1. The van der Waals surface area contributed by atoms with Gasteiger partial charge in [-0.3, -0.25) is 19.7 Å². The van der Waals surface area contributed by atoms with E-state index in [0.717, 1.165) is 6.07 Å². The van der Waals surface area contributed by atoms with Gasteiger partial charge in [0, 0.05) is 23.4 Å². The van der Waals surface area contributed by atoms with Crippen LogP contribution < -0.4 is 15.4 Å². The van der Waals surface area contributed by atoms with E-state index in [1.807, 2.05) is 0 Å². The number of ether oxygens (including phenoxy) is 2. The predicted molar refractivity (Wildman–Crippen MR) is 103 cm³/mol. The van der Waals surface area contributed by atoms with Gasteiger partial charge in [-0.05, 0) is 37.3 Å². The third-order valence-electron chi connectivity index (χ3n) is 3.74. The second-order valence-electron chi connectivity index (χ2n) is 5.89. The summed E-state index contributed by atoms with van der Waals surface area (Å²) in [5, 5.41) is 15.7. The molecule has 1 unspecified atom stereocenters. The van der Waals surface area contributed by atoms with Crippen LogP contribution >= 0.6 is 0 Å². The van der Waals surface area contributed by atoms with Crippen molar-refractivity contribution in [1.82, 2.24) is 5.32 Å². The molecule has 0 saturated carbocycles. The molecule has 10 heteroatoms. The fourth-order valence-corrected chi connectivity index (χ4v) is 2.23. The van der Waals surface area contributed by atoms with Crippen molar-refractivity contribution in [2.24, 2.45) is 0 Å². The van der Waals surface area contributed by atoms with Gasteiger partial charge in [0.15, 0.2) is 6.61 Å². The summed E-state index contributed by atoms with van der Waals surface area (Å²) in [6, 6.07) is 10.6. The second-order valence-corrected chi connectivity index (χ2v) is 5.89. The summed E-state index contributed by atoms with van der Waals surface area (Å²) < 4.78 is 9.89. The molecule has 0 spiro atoms. The van der Waals surface area contributed by atoms with Crippen LogP contribution in [0.3, 0.4) is 0 Å². The number of carbonyl (C=O) groups excluding carboxylic acids is 3. The minimum absolute atomic E-state index is 0.0242. The lowest BCUT2D eigenvalue weighted by molar-refractivity contribution is -0.384. The fourth-order valence-electron chi connectivity index (χ4n) is 2.23. The molecule has 1 atom stereocenters. The van der Waals surface area contributed by atoms with Crippen LogP contribution in [0.25, 0.3) is 0 Å². The molecule has 0 radical (unpaired) electrons. The third kappa shape index (κ3) is 6.31. The third-order valence-corrected chi connectivity index (χ3v) is 3.74. The maximum absolute atomic E-state index is 12.1. The van der Waals surface area contributed by atoms with Crippen molar-refractivity contribution < 1.29 is 28.8 Å². The van der Waals surface area contributed by atoms with Crippen molar-refractivity contribution in [3.63, 3.8) is 0 Å². The summed E-state index contributed by atoms with van der Waals surface area (Å²) in [6.07, 6.45) is 0. The van der Waals surface area contributed by atoms with E-state index in [2.05, 4.69) is 10.6 Å². The molecule has 10 nitrogen and oxygen atoms in total. The van der Waals surface area contributed by atoms with E-state index < -0.39 is 35.4 Å². The Morgan fingerprint density at radius 1 is 1.14 bits per heavy atom. The Labute approximate surface area is 166 Å². The molecule has 0 aromatic heterocycles. The maximum Gasteiger partial charge on any atom is 0.328 e. The van der Waals surface area contributed by atoms with Crippen LogP contribution in [0, 0.1) is 10.1 Å². The van der Waals surface area contributed by atoms with Crippen molar-refractivity contribution in [3.05, 3.63) is 64.2 Å². The number of esters is 1. The number of non-ortho nitro benzene ring substituents is 1. The first-order chi connectivity index (χ1) is 13.8. The first-order valence-electron chi connectivity index (χ1n) is 8.46. The number of methoxy groups -OCH3 is 1. The van der Waals surface area contributed by atoms with Crippen LogP contribution in [0.4, 0.5) is 11.4 Å². The number of nitro groups is 1. The van der Waals surface area contributed by atoms with Gasteiger partial charge in [-0.15, -0.1) is 0 Å². The summed E-state index contributed by atoms with van der Waals surface area (Å²) in [7, 11) is 1.52. The van der Waals surface area contributed by atoms with Gasteiger partial charge < -0.3 is 20.1 Å². The minimum atomic E-state index is -1.06.